The normalized spacial score (nSPS) is 13.2. The van der Waals surface area contributed by atoms with Crippen molar-refractivity contribution in [2.24, 2.45) is 0 Å². The molecular formula is C15H12N4. The van der Waals surface area contributed by atoms with Crippen LogP contribution < -0.4 is 10.4 Å². The summed E-state index contributed by atoms with van der Waals surface area (Å²) in [5.41, 5.74) is 0.755. The monoisotopic (exact) mass is 248 g/mol. The van der Waals surface area contributed by atoms with Crippen LogP contribution in [0.5, 0.6) is 0 Å². The molecule has 1 aliphatic rings. The second kappa shape index (κ2) is 5.71. The average molecular weight is 248 g/mol. The predicted molar refractivity (Wildman–Crippen MR) is 70.2 cm³/mol. The van der Waals surface area contributed by atoms with Gasteiger partial charge in [0.25, 0.3) is 0 Å². The van der Waals surface area contributed by atoms with Crippen molar-refractivity contribution in [2.75, 3.05) is 13.1 Å². The Morgan fingerprint density at radius 3 is 1.84 bits per heavy atom. The summed E-state index contributed by atoms with van der Waals surface area (Å²) in [5.74, 6) is 0. The van der Waals surface area contributed by atoms with Gasteiger partial charge in [0.2, 0.25) is 0 Å². The van der Waals surface area contributed by atoms with Gasteiger partial charge in [0.15, 0.2) is 0 Å². The molecule has 0 aromatic heterocycles. The molecule has 92 valence electrons. The lowest BCUT2D eigenvalue weighted by Gasteiger charge is -2.15. The lowest BCUT2D eigenvalue weighted by molar-refractivity contribution is 0.495. The molecule has 0 radical (unpaired) electrons. The third kappa shape index (κ3) is 2.57. The molecule has 4 nitrogen and oxygen atoms in total. The third-order valence-electron chi connectivity index (χ3n) is 3.20. The van der Waals surface area contributed by atoms with E-state index in [-0.39, 0.29) is 5.57 Å². The first kappa shape index (κ1) is 12.7. The SMILES string of the molecule is N#CC(C#N)=c1ccc(=C(C#N)N2CCCC2)cc1. The van der Waals surface area contributed by atoms with Crippen molar-refractivity contribution in [1.29, 1.82) is 15.8 Å². The highest BCUT2D eigenvalue weighted by Gasteiger charge is 2.14. The van der Waals surface area contributed by atoms with E-state index in [1.165, 1.54) is 0 Å². The van der Waals surface area contributed by atoms with Crippen molar-refractivity contribution in [3.05, 3.63) is 34.7 Å². The molecule has 0 bridgehead atoms. The number of hydrogen-bond acceptors (Lipinski definition) is 4. The number of nitriles is 3. The van der Waals surface area contributed by atoms with Gasteiger partial charge in [-0.05, 0) is 12.8 Å². The number of likely N-dealkylation sites (tertiary alicyclic amines) is 1. The molecule has 19 heavy (non-hydrogen) atoms. The van der Waals surface area contributed by atoms with E-state index in [1.807, 2.05) is 12.1 Å². The first-order valence-electron chi connectivity index (χ1n) is 6.10. The third-order valence-corrected chi connectivity index (χ3v) is 3.20. The molecule has 0 amide bonds. The number of hydrogen-bond donors (Lipinski definition) is 0. The molecule has 0 atom stereocenters. The highest BCUT2D eigenvalue weighted by molar-refractivity contribution is 5.72. The summed E-state index contributed by atoms with van der Waals surface area (Å²) in [6.07, 6.45) is 2.23. The van der Waals surface area contributed by atoms with Crippen molar-refractivity contribution < 1.29 is 0 Å². The Hall–Kier alpha value is -2.77. The van der Waals surface area contributed by atoms with E-state index in [4.69, 9.17) is 10.5 Å². The van der Waals surface area contributed by atoms with E-state index in [9.17, 15) is 5.26 Å². The molecule has 0 saturated carbocycles. The van der Waals surface area contributed by atoms with Crippen LogP contribution in [0, 0.1) is 34.0 Å². The maximum Gasteiger partial charge on any atom is 0.136 e. The van der Waals surface area contributed by atoms with Crippen LogP contribution in [-0.4, -0.2) is 18.0 Å². The van der Waals surface area contributed by atoms with E-state index in [2.05, 4.69) is 11.0 Å². The minimum absolute atomic E-state index is 0.0891. The van der Waals surface area contributed by atoms with Crippen molar-refractivity contribution >= 4 is 11.3 Å². The Kier molecular flexibility index (Phi) is 3.81. The minimum Gasteiger partial charge on any atom is -0.363 e. The van der Waals surface area contributed by atoms with Crippen molar-refractivity contribution in [2.45, 2.75) is 12.8 Å². The quantitative estimate of drug-likeness (QED) is 0.730. The zero-order valence-electron chi connectivity index (χ0n) is 10.4. The zero-order chi connectivity index (χ0) is 13.7. The van der Waals surface area contributed by atoms with Crippen LogP contribution in [0.2, 0.25) is 0 Å². The molecule has 0 spiro atoms. The zero-order valence-corrected chi connectivity index (χ0v) is 10.4. The van der Waals surface area contributed by atoms with Gasteiger partial charge in [0, 0.05) is 23.5 Å². The lowest BCUT2D eigenvalue weighted by atomic mass is 10.1. The van der Waals surface area contributed by atoms with Crippen LogP contribution in [0.15, 0.2) is 24.3 Å². The minimum atomic E-state index is 0.0891. The smallest absolute Gasteiger partial charge is 0.136 e. The van der Waals surface area contributed by atoms with Gasteiger partial charge in [-0.2, -0.15) is 15.8 Å². The van der Waals surface area contributed by atoms with E-state index in [0.29, 0.717) is 10.9 Å². The van der Waals surface area contributed by atoms with Crippen LogP contribution in [0.1, 0.15) is 12.8 Å². The second-order valence-corrected chi connectivity index (χ2v) is 4.33. The Labute approximate surface area is 111 Å². The average Bonchev–Trinajstić information content (AvgIpc) is 2.97. The van der Waals surface area contributed by atoms with Crippen LogP contribution >= 0.6 is 0 Å². The molecule has 1 fully saturated rings. The van der Waals surface area contributed by atoms with Gasteiger partial charge in [-0.25, -0.2) is 0 Å². The fraction of sp³-hybridized carbons (Fsp3) is 0.267. The van der Waals surface area contributed by atoms with Gasteiger partial charge < -0.3 is 4.90 Å². The van der Waals surface area contributed by atoms with Crippen molar-refractivity contribution in [3.8, 4) is 18.2 Å². The maximum absolute atomic E-state index is 9.27. The van der Waals surface area contributed by atoms with Crippen molar-refractivity contribution in [3.63, 3.8) is 0 Å². The van der Waals surface area contributed by atoms with Crippen LogP contribution in [-0.2, 0) is 0 Å². The van der Waals surface area contributed by atoms with E-state index in [1.54, 1.807) is 24.3 Å². The van der Waals surface area contributed by atoms with Crippen LogP contribution in [0.3, 0.4) is 0 Å². The lowest BCUT2D eigenvalue weighted by Crippen LogP contribution is -2.24. The molecule has 1 aromatic rings. The largest absolute Gasteiger partial charge is 0.363 e. The fourth-order valence-electron chi connectivity index (χ4n) is 2.21. The first-order valence-corrected chi connectivity index (χ1v) is 6.10. The molecular weight excluding hydrogens is 236 g/mol. The maximum atomic E-state index is 9.27. The Morgan fingerprint density at radius 1 is 0.842 bits per heavy atom. The summed E-state index contributed by atoms with van der Waals surface area (Å²) >= 11 is 0. The predicted octanol–water partition coefficient (Wildman–Crippen LogP) is 0.612. The molecule has 1 saturated heterocycles. The van der Waals surface area contributed by atoms with E-state index < -0.39 is 0 Å². The second-order valence-electron chi connectivity index (χ2n) is 4.33. The molecule has 1 aromatic carbocycles. The summed E-state index contributed by atoms with van der Waals surface area (Å²) < 4.78 is 0. The Morgan fingerprint density at radius 2 is 1.37 bits per heavy atom. The molecule has 4 heteroatoms. The van der Waals surface area contributed by atoms with Gasteiger partial charge in [0.05, 0.1) is 0 Å². The number of benzene rings is 1. The number of nitrogens with zero attached hydrogens (tertiary/aromatic N) is 4. The Balaban J connectivity index is 2.54. The summed E-state index contributed by atoms with van der Waals surface area (Å²) in [7, 11) is 0. The van der Waals surface area contributed by atoms with Crippen LogP contribution in [0.4, 0.5) is 0 Å². The van der Waals surface area contributed by atoms with Gasteiger partial charge in [-0.15, -0.1) is 0 Å². The van der Waals surface area contributed by atoms with Crippen LogP contribution in [0.25, 0.3) is 11.3 Å². The Bertz CT molecular complexity index is 680. The molecule has 0 aliphatic carbocycles. The molecule has 1 aliphatic heterocycles. The topological polar surface area (TPSA) is 74.6 Å². The van der Waals surface area contributed by atoms with Gasteiger partial charge in [-0.1, -0.05) is 24.3 Å². The molecule has 2 rings (SSSR count). The first-order chi connectivity index (χ1) is 9.30. The molecule has 0 N–H and O–H groups in total. The highest BCUT2D eigenvalue weighted by atomic mass is 15.1. The van der Waals surface area contributed by atoms with Crippen molar-refractivity contribution in [1.82, 2.24) is 4.90 Å². The highest BCUT2D eigenvalue weighted by Crippen LogP contribution is 2.13. The summed E-state index contributed by atoms with van der Waals surface area (Å²) in [6, 6.07) is 13.0. The summed E-state index contributed by atoms with van der Waals surface area (Å²) in [5, 5.41) is 28.3. The van der Waals surface area contributed by atoms with Gasteiger partial charge in [-0.3, -0.25) is 0 Å². The van der Waals surface area contributed by atoms with E-state index >= 15 is 0 Å². The molecule has 0 unspecified atom stereocenters. The summed E-state index contributed by atoms with van der Waals surface area (Å²) in [6.45, 7) is 1.83. The van der Waals surface area contributed by atoms with Gasteiger partial charge >= 0.3 is 0 Å². The fourth-order valence-corrected chi connectivity index (χ4v) is 2.21. The van der Waals surface area contributed by atoms with E-state index in [0.717, 1.165) is 31.1 Å². The molecule has 1 heterocycles. The van der Waals surface area contributed by atoms with Gasteiger partial charge in [0.1, 0.15) is 29.5 Å². The summed E-state index contributed by atoms with van der Waals surface area (Å²) in [4.78, 5) is 2.08. The standard InChI is InChI=1S/C15H12N4/c16-9-14(10-17)12-3-5-13(6-4-12)15(11-18)19-7-1-2-8-19/h3-6H,1-2,7-8H2. The number of rotatable bonds is 1.